The number of carbonyl (C=O) groups excluding carboxylic acids is 1. The molecule has 1 amide bonds. The summed E-state index contributed by atoms with van der Waals surface area (Å²) in [6.07, 6.45) is 0.632. The fourth-order valence-corrected chi connectivity index (χ4v) is 6.65. The normalized spacial score (nSPS) is 28.4. The summed E-state index contributed by atoms with van der Waals surface area (Å²) in [5, 5.41) is 0. The first-order chi connectivity index (χ1) is 12.0. The van der Waals surface area contributed by atoms with Crippen molar-refractivity contribution in [2.45, 2.75) is 30.6 Å². The minimum atomic E-state index is -3.19. The van der Waals surface area contributed by atoms with E-state index in [1.54, 1.807) is 4.90 Å². The number of likely N-dealkylation sites (tertiary alicyclic amines) is 1. The molecule has 136 valence electrons. The number of amides is 1. The highest BCUT2D eigenvalue weighted by Crippen LogP contribution is 2.45. The van der Waals surface area contributed by atoms with E-state index in [2.05, 4.69) is 0 Å². The lowest BCUT2D eigenvalue weighted by Gasteiger charge is -2.50. The molecule has 0 radical (unpaired) electrons. The van der Waals surface area contributed by atoms with Gasteiger partial charge in [0.25, 0.3) is 5.91 Å². The Bertz CT molecular complexity index is 759. The topological polar surface area (TPSA) is 72.9 Å². The van der Waals surface area contributed by atoms with Gasteiger partial charge in [-0.25, -0.2) is 8.42 Å². The predicted molar refractivity (Wildman–Crippen MR) is 92.3 cm³/mol. The summed E-state index contributed by atoms with van der Waals surface area (Å²) in [5.74, 6) is 0.805. The molecule has 0 N–H and O–H groups in total. The van der Waals surface area contributed by atoms with Gasteiger partial charge in [-0.15, -0.1) is 0 Å². The van der Waals surface area contributed by atoms with Gasteiger partial charge in [0.15, 0.2) is 15.9 Å². The highest BCUT2D eigenvalue weighted by atomic mass is 32.2. The van der Waals surface area contributed by atoms with Gasteiger partial charge in [-0.1, -0.05) is 18.2 Å². The molecule has 0 bridgehead atoms. The number of ether oxygens (including phenoxy) is 2. The van der Waals surface area contributed by atoms with Crippen LogP contribution in [-0.4, -0.2) is 62.1 Å². The maximum atomic E-state index is 12.7. The zero-order chi connectivity index (χ0) is 17.7. The zero-order valence-electron chi connectivity index (χ0n) is 14.3. The first-order valence-electron chi connectivity index (χ1n) is 8.80. The predicted octanol–water partition coefficient (Wildman–Crippen LogP) is 1.04. The third-order valence-electron chi connectivity index (χ3n) is 5.77. The fourth-order valence-electron chi connectivity index (χ4n) is 4.25. The first-order valence-corrected chi connectivity index (χ1v) is 10.5. The quantitative estimate of drug-likeness (QED) is 0.797. The van der Waals surface area contributed by atoms with Gasteiger partial charge < -0.3 is 14.4 Å². The molecule has 3 aliphatic rings. The molecule has 7 heteroatoms. The second-order valence-electron chi connectivity index (χ2n) is 7.14. The molecular weight excluding hydrogens is 342 g/mol. The van der Waals surface area contributed by atoms with E-state index in [1.807, 2.05) is 31.2 Å². The molecule has 4 rings (SSSR count). The Morgan fingerprint density at radius 2 is 2.12 bits per heavy atom. The maximum absolute atomic E-state index is 12.7. The lowest BCUT2D eigenvalue weighted by atomic mass is 9.83. The van der Waals surface area contributed by atoms with E-state index in [0.29, 0.717) is 26.1 Å². The van der Waals surface area contributed by atoms with Gasteiger partial charge >= 0.3 is 0 Å². The van der Waals surface area contributed by atoms with Crippen LogP contribution >= 0.6 is 0 Å². The Hall–Kier alpha value is -1.60. The molecule has 2 fully saturated rings. The molecule has 2 atom stereocenters. The van der Waals surface area contributed by atoms with Crippen molar-refractivity contribution in [2.24, 2.45) is 5.92 Å². The van der Waals surface area contributed by atoms with Crippen LogP contribution in [0.1, 0.15) is 18.9 Å². The number of fused-ring (bicyclic) bond motifs is 1. The summed E-state index contributed by atoms with van der Waals surface area (Å²) in [5.41, 5.74) is 1.03. The molecule has 2 saturated heterocycles. The number of nitrogens with zero attached hydrogens (tertiary/aromatic N) is 1. The first kappa shape index (κ1) is 16.8. The van der Waals surface area contributed by atoms with Crippen molar-refractivity contribution in [3.05, 3.63) is 29.8 Å². The molecule has 0 unspecified atom stereocenters. The van der Waals surface area contributed by atoms with Crippen molar-refractivity contribution < 1.29 is 22.7 Å². The highest BCUT2D eigenvalue weighted by Gasteiger charge is 2.63. The van der Waals surface area contributed by atoms with E-state index in [9.17, 15) is 13.2 Å². The van der Waals surface area contributed by atoms with Crippen molar-refractivity contribution in [3.8, 4) is 5.75 Å². The summed E-state index contributed by atoms with van der Waals surface area (Å²) >= 11 is 0. The molecule has 0 saturated carbocycles. The van der Waals surface area contributed by atoms with Gasteiger partial charge in [-0.2, -0.15) is 0 Å². The summed E-state index contributed by atoms with van der Waals surface area (Å²) in [6.45, 7) is 3.46. The number of benzene rings is 1. The minimum Gasteiger partial charge on any atom is -0.480 e. The van der Waals surface area contributed by atoms with E-state index in [4.69, 9.17) is 9.47 Å². The van der Waals surface area contributed by atoms with Gasteiger partial charge in [-0.3, -0.25) is 4.79 Å². The number of hydrogen-bond acceptors (Lipinski definition) is 5. The third kappa shape index (κ3) is 2.56. The lowest BCUT2D eigenvalue weighted by molar-refractivity contribution is -0.144. The van der Waals surface area contributed by atoms with Crippen LogP contribution in [0.2, 0.25) is 0 Å². The number of hydrogen-bond donors (Lipinski definition) is 0. The van der Waals surface area contributed by atoms with Crippen molar-refractivity contribution in [3.63, 3.8) is 0 Å². The standard InChI is InChI=1S/C18H23NO5S/c1-2-23-10-14-7-8-25(21,22)18(14)11-19(12-18)17(20)16-9-13-5-3-4-6-15(13)24-16/h3-6,14,16H,2,7-12H2,1H3/t14-,16+/m1/s1. The molecule has 3 heterocycles. The van der Waals surface area contributed by atoms with E-state index in [-0.39, 0.29) is 30.7 Å². The van der Waals surface area contributed by atoms with Crippen LogP contribution in [0.3, 0.4) is 0 Å². The summed E-state index contributed by atoms with van der Waals surface area (Å²) < 4.78 is 35.6. The van der Waals surface area contributed by atoms with Gasteiger partial charge in [0.2, 0.25) is 0 Å². The van der Waals surface area contributed by atoms with Gasteiger partial charge in [0.1, 0.15) is 10.5 Å². The molecule has 25 heavy (non-hydrogen) atoms. The molecule has 0 aliphatic carbocycles. The van der Waals surface area contributed by atoms with E-state index in [0.717, 1.165) is 11.3 Å². The van der Waals surface area contributed by atoms with Crippen LogP contribution in [0.15, 0.2) is 24.3 Å². The van der Waals surface area contributed by atoms with Crippen LogP contribution in [0.25, 0.3) is 0 Å². The van der Waals surface area contributed by atoms with Crippen molar-refractivity contribution in [2.75, 3.05) is 32.1 Å². The van der Waals surface area contributed by atoms with E-state index in [1.165, 1.54) is 0 Å². The van der Waals surface area contributed by atoms with Crippen LogP contribution in [0.5, 0.6) is 5.75 Å². The van der Waals surface area contributed by atoms with Gasteiger partial charge in [-0.05, 0) is 25.0 Å². The average Bonchev–Trinajstić information content (AvgIpc) is 3.09. The Morgan fingerprint density at radius 1 is 1.36 bits per heavy atom. The second kappa shape index (κ2) is 5.99. The average molecular weight is 365 g/mol. The largest absolute Gasteiger partial charge is 0.480 e. The van der Waals surface area contributed by atoms with E-state index >= 15 is 0 Å². The number of carbonyl (C=O) groups is 1. The SMILES string of the molecule is CCOC[C@H]1CCS(=O)(=O)C12CN(C(=O)[C@@H]1Cc3ccccc3O1)C2. The van der Waals surface area contributed by atoms with Crippen LogP contribution < -0.4 is 4.74 Å². The smallest absolute Gasteiger partial charge is 0.264 e. The number of para-hydroxylation sites is 1. The highest BCUT2D eigenvalue weighted by molar-refractivity contribution is 7.93. The zero-order valence-corrected chi connectivity index (χ0v) is 15.1. The Labute approximate surface area is 148 Å². The second-order valence-corrected chi connectivity index (χ2v) is 9.59. The minimum absolute atomic E-state index is 0.0248. The van der Waals surface area contributed by atoms with E-state index < -0.39 is 20.7 Å². The van der Waals surface area contributed by atoms with Crippen LogP contribution in [0.4, 0.5) is 0 Å². The van der Waals surface area contributed by atoms with Crippen LogP contribution in [0, 0.1) is 5.92 Å². The van der Waals surface area contributed by atoms with Crippen molar-refractivity contribution in [1.29, 1.82) is 0 Å². The Kier molecular flexibility index (Phi) is 4.03. The molecule has 1 aromatic carbocycles. The van der Waals surface area contributed by atoms with Crippen molar-refractivity contribution in [1.82, 2.24) is 4.90 Å². The molecule has 1 aromatic rings. The third-order valence-corrected chi connectivity index (χ3v) is 8.38. The molecule has 0 aromatic heterocycles. The molecular formula is C18H23NO5S. The van der Waals surface area contributed by atoms with Crippen molar-refractivity contribution >= 4 is 15.7 Å². The fraction of sp³-hybridized carbons (Fsp3) is 0.611. The molecule has 3 aliphatic heterocycles. The summed E-state index contributed by atoms with van der Waals surface area (Å²) in [7, 11) is -3.19. The molecule has 1 spiro atoms. The number of sulfone groups is 1. The maximum Gasteiger partial charge on any atom is 0.264 e. The Balaban J connectivity index is 1.45. The number of rotatable bonds is 4. The summed E-state index contributed by atoms with van der Waals surface area (Å²) in [6, 6.07) is 7.63. The van der Waals surface area contributed by atoms with Crippen LogP contribution in [-0.2, 0) is 25.8 Å². The van der Waals surface area contributed by atoms with Gasteiger partial charge in [0.05, 0.1) is 12.4 Å². The Morgan fingerprint density at radius 3 is 2.84 bits per heavy atom. The summed E-state index contributed by atoms with van der Waals surface area (Å²) in [4.78, 5) is 14.4. The van der Waals surface area contributed by atoms with Gasteiger partial charge in [0, 0.05) is 32.0 Å². The molecule has 6 nitrogen and oxygen atoms in total. The monoisotopic (exact) mass is 365 g/mol. The lowest BCUT2D eigenvalue weighted by Crippen LogP contribution is -2.70.